The minimum Gasteiger partial charge on any atom is -0.316 e. The molecule has 0 aliphatic carbocycles. The van der Waals surface area contributed by atoms with Crippen molar-refractivity contribution in [3.63, 3.8) is 0 Å². The highest BCUT2D eigenvalue weighted by Crippen LogP contribution is 2.08. The van der Waals surface area contributed by atoms with Crippen LogP contribution in [0.2, 0.25) is 0 Å². The molecule has 0 spiro atoms. The van der Waals surface area contributed by atoms with E-state index in [1.165, 1.54) is 0 Å². The first-order valence-corrected chi connectivity index (χ1v) is 3.95. The highest BCUT2D eigenvalue weighted by Gasteiger charge is 1.97. The maximum absolute atomic E-state index is 8.71. The molecule has 2 nitrogen and oxygen atoms in total. The third-order valence-corrected chi connectivity index (χ3v) is 1.67. The Hall–Kier alpha value is -1.77. The minimum absolute atomic E-state index is 0.612. The van der Waals surface area contributed by atoms with Gasteiger partial charge in [0.1, 0.15) is 0 Å². The molecule has 0 aromatic heterocycles. The Kier molecular flexibility index (Phi) is 3.09. The number of rotatable bonds is 2. The van der Waals surface area contributed by atoms with Gasteiger partial charge in [0.25, 0.3) is 0 Å². The second-order valence-electron chi connectivity index (χ2n) is 2.71. The first kappa shape index (κ1) is 9.32. The molecule has 0 amide bonds. The Morgan fingerprint density at radius 1 is 1.38 bits per heavy atom. The molecule has 0 unspecified atom stereocenters. The molecule has 13 heavy (non-hydrogen) atoms. The highest BCUT2D eigenvalue weighted by molar-refractivity contribution is 5.43. The number of nitrogens with one attached hydrogen (secondary N) is 1. The van der Waals surface area contributed by atoms with E-state index in [0.717, 1.165) is 17.7 Å². The summed E-state index contributed by atoms with van der Waals surface area (Å²) in [6, 6.07) is 7.52. The van der Waals surface area contributed by atoms with Crippen molar-refractivity contribution in [2.75, 3.05) is 7.05 Å². The van der Waals surface area contributed by atoms with Gasteiger partial charge in [0, 0.05) is 12.1 Å². The van der Waals surface area contributed by atoms with Gasteiger partial charge >= 0.3 is 0 Å². The van der Waals surface area contributed by atoms with Crippen LogP contribution in [0.5, 0.6) is 0 Å². The molecule has 0 heterocycles. The zero-order valence-corrected chi connectivity index (χ0v) is 7.46. The Morgan fingerprint density at radius 3 is 2.62 bits per heavy atom. The fraction of sp³-hybridized carbons (Fsp3) is 0.182. The molecule has 0 radical (unpaired) electrons. The molecule has 2 heteroatoms. The van der Waals surface area contributed by atoms with E-state index in [-0.39, 0.29) is 0 Å². The lowest BCUT2D eigenvalue weighted by atomic mass is 10.1. The lowest BCUT2D eigenvalue weighted by Crippen LogP contribution is -2.05. The average molecular weight is 170 g/mol. The molecule has 1 aromatic rings. The molecule has 0 saturated carbocycles. The van der Waals surface area contributed by atoms with E-state index in [1.807, 2.05) is 19.2 Å². The summed E-state index contributed by atoms with van der Waals surface area (Å²) in [5, 5.41) is 11.7. The van der Waals surface area contributed by atoms with E-state index in [2.05, 4.69) is 17.3 Å². The van der Waals surface area contributed by atoms with Gasteiger partial charge in [-0.3, -0.25) is 0 Å². The summed E-state index contributed by atoms with van der Waals surface area (Å²) in [5.74, 6) is 2.52. The van der Waals surface area contributed by atoms with Gasteiger partial charge in [-0.05, 0) is 30.8 Å². The first-order chi connectivity index (χ1) is 6.30. The summed E-state index contributed by atoms with van der Waals surface area (Å²) >= 11 is 0. The number of nitriles is 1. The molecular formula is C11H10N2. The average Bonchev–Trinajstić information content (AvgIpc) is 2.17. The fourth-order valence-electron chi connectivity index (χ4n) is 1.15. The van der Waals surface area contributed by atoms with Gasteiger partial charge in [0.2, 0.25) is 0 Å². The molecule has 0 aliphatic rings. The van der Waals surface area contributed by atoms with Crippen LogP contribution in [0.3, 0.4) is 0 Å². The van der Waals surface area contributed by atoms with Crippen molar-refractivity contribution in [3.05, 3.63) is 34.9 Å². The first-order valence-electron chi connectivity index (χ1n) is 3.95. The number of hydrogen-bond acceptors (Lipinski definition) is 2. The number of terminal acetylenes is 1. The minimum atomic E-state index is 0.612. The summed E-state index contributed by atoms with van der Waals surface area (Å²) in [5.41, 5.74) is 2.40. The molecule has 0 aliphatic heterocycles. The van der Waals surface area contributed by atoms with Gasteiger partial charge < -0.3 is 5.32 Å². The Bertz CT molecular complexity index is 348. The number of benzene rings is 1. The quantitative estimate of drug-likeness (QED) is 0.678. The van der Waals surface area contributed by atoms with Crippen LogP contribution in [0, 0.1) is 23.7 Å². The second-order valence-corrected chi connectivity index (χ2v) is 2.71. The molecule has 1 N–H and O–H groups in total. The molecule has 1 aromatic carbocycles. The predicted molar refractivity (Wildman–Crippen MR) is 51.9 cm³/mol. The van der Waals surface area contributed by atoms with E-state index >= 15 is 0 Å². The van der Waals surface area contributed by atoms with Crippen LogP contribution in [-0.4, -0.2) is 7.05 Å². The van der Waals surface area contributed by atoms with Crippen molar-refractivity contribution in [3.8, 4) is 18.4 Å². The van der Waals surface area contributed by atoms with E-state index in [1.54, 1.807) is 6.07 Å². The SMILES string of the molecule is C#Cc1cc(C#N)cc(CNC)c1. The van der Waals surface area contributed by atoms with Crippen molar-refractivity contribution >= 4 is 0 Å². The molecule has 0 fully saturated rings. The van der Waals surface area contributed by atoms with Crippen molar-refractivity contribution in [1.29, 1.82) is 5.26 Å². The molecular weight excluding hydrogens is 160 g/mol. The zero-order valence-electron chi connectivity index (χ0n) is 7.46. The van der Waals surface area contributed by atoms with Crippen molar-refractivity contribution < 1.29 is 0 Å². The third kappa shape index (κ3) is 2.33. The summed E-state index contributed by atoms with van der Waals surface area (Å²) in [4.78, 5) is 0. The topological polar surface area (TPSA) is 35.8 Å². The number of hydrogen-bond donors (Lipinski definition) is 1. The number of nitrogens with zero attached hydrogens (tertiary/aromatic N) is 1. The van der Waals surface area contributed by atoms with Gasteiger partial charge in [0.15, 0.2) is 0 Å². The summed E-state index contributed by atoms with van der Waals surface area (Å²) in [6.45, 7) is 0.726. The van der Waals surface area contributed by atoms with Gasteiger partial charge in [-0.15, -0.1) is 6.42 Å². The molecule has 0 atom stereocenters. The van der Waals surface area contributed by atoms with Gasteiger partial charge in [-0.25, -0.2) is 0 Å². The predicted octanol–water partition coefficient (Wildman–Crippen LogP) is 1.26. The lowest BCUT2D eigenvalue weighted by molar-refractivity contribution is 0.817. The molecule has 1 rings (SSSR count). The van der Waals surface area contributed by atoms with Crippen LogP contribution < -0.4 is 5.32 Å². The largest absolute Gasteiger partial charge is 0.316 e. The van der Waals surface area contributed by atoms with Crippen molar-refractivity contribution in [2.24, 2.45) is 0 Å². The molecule has 0 saturated heterocycles. The van der Waals surface area contributed by atoms with Crippen LogP contribution in [-0.2, 0) is 6.54 Å². The van der Waals surface area contributed by atoms with Crippen LogP contribution in [0.25, 0.3) is 0 Å². The van der Waals surface area contributed by atoms with Gasteiger partial charge in [0.05, 0.1) is 11.6 Å². The third-order valence-electron chi connectivity index (χ3n) is 1.67. The maximum atomic E-state index is 8.71. The highest BCUT2D eigenvalue weighted by atomic mass is 14.8. The Morgan fingerprint density at radius 2 is 2.08 bits per heavy atom. The standard InChI is InChI=1S/C11H10N2/c1-3-9-4-10(7-12)6-11(5-9)8-13-2/h1,4-6,13H,8H2,2H3. The van der Waals surface area contributed by atoms with Gasteiger partial charge in [-0.2, -0.15) is 5.26 Å². The van der Waals surface area contributed by atoms with Crippen molar-refractivity contribution in [1.82, 2.24) is 5.32 Å². The Balaban J connectivity index is 3.11. The van der Waals surface area contributed by atoms with Crippen LogP contribution in [0.1, 0.15) is 16.7 Å². The van der Waals surface area contributed by atoms with E-state index in [4.69, 9.17) is 11.7 Å². The smallest absolute Gasteiger partial charge is 0.0992 e. The molecule has 0 bridgehead atoms. The monoisotopic (exact) mass is 170 g/mol. The summed E-state index contributed by atoms with van der Waals surface area (Å²) < 4.78 is 0. The lowest BCUT2D eigenvalue weighted by Gasteiger charge is -2.01. The van der Waals surface area contributed by atoms with Crippen LogP contribution in [0.15, 0.2) is 18.2 Å². The fourth-order valence-corrected chi connectivity index (χ4v) is 1.15. The molecule has 64 valence electrons. The van der Waals surface area contributed by atoms with E-state index in [0.29, 0.717) is 5.56 Å². The summed E-state index contributed by atoms with van der Waals surface area (Å²) in [7, 11) is 1.86. The van der Waals surface area contributed by atoms with Gasteiger partial charge in [-0.1, -0.05) is 5.92 Å². The maximum Gasteiger partial charge on any atom is 0.0992 e. The van der Waals surface area contributed by atoms with Crippen LogP contribution in [0.4, 0.5) is 0 Å². The van der Waals surface area contributed by atoms with E-state index < -0.39 is 0 Å². The normalized spacial score (nSPS) is 8.85. The van der Waals surface area contributed by atoms with Crippen molar-refractivity contribution in [2.45, 2.75) is 6.54 Å². The zero-order chi connectivity index (χ0) is 9.68. The van der Waals surface area contributed by atoms with E-state index in [9.17, 15) is 0 Å². The second kappa shape index (κ2) is 4.30. The Labute approximate surface area is 78.2 Å². The summed E-state index contributed by atoms with van der Waals surface area (Å²) in [6.07, 6.45) is 5.26. The van der Waals surface area contributed by atoms with Crippen LogP contribution >= 0.6 is 0 Å².